The topological polar surface area (TPSA) is 29.5 Å². The number of aromatic nitrogens is 2. The molecule has 102 heavy (non-hydrogen) atoms. The Kier molecular flexibility index (Phi) is 13.7. The molecule has 0 amide bonds. The number of fused-ring (bicyclic) bond motifs is 14. The molecule has 0 fully saturated rings. The van der Waals surface area contributed by atoms with Crippen LogP contribution in [0.2, 0.25) is 0 Å². The van der Waals surface area contributed by atoms with Crippen molar-refractivity contribution in [1.29, 1.82) is 0 Å². The van der Waals surface area contributed by atoms with Crippen LogP contribution in [-0.4, -0.2) is 15.8 Å². The van der Waals surface area contributed by atoms with Crippen LogP contribution in [0.1, 0.15) is 79.0 Å². The normalized spacial score (nSPS) is 13.1. The predicted molar refractivity (Wildman–Crippen MR) is 434 cm³/mol. The molecular formula is C96H77BN4O. The summed E-state index contributed by atoms with van der Waals surface area (Å²) < 4.78 is 12.3. The maximum Gasteiger partial charge on any atom is 0.252 e. The summed E-state index contributed by atoms with van der Waals surface area (Å²) in [4.78, 5) is 5.30. The van der Waals surface area contributed by atoms with E-state index in [4.69, 9.17) is 4.42 Å². The lowest BCUT2D eigenvalue weighted by atomic mass is 9.33. The Labute approximate surface area is 596 Å². The molecule has 5 nitrogen and oxygen atoms in total. The third kappa shape index (κ3) is 9.59. The summed E-state index contributed by atoms with van der Waals surface area (Å²) in [6.45, 7) is 20.9. The first-order valence-electron chi connectivity index (χ1n) is 36.0. The predicted octanol–water partition coefficient (Wildman–Crippen LogP) is 24.4. The third-order valence-electron chi connectivity index (χ3n) is 21.9. The Morgan fingerprint density at radius 1 is 0.284 bits per heavy atom. The van der Waals surface area contributed by atoms with Crippen LogP contribution >= 0.6 is 0 Å². The fraction of sp³-hybridized carbons (Fsp3) is 0.125. The maximum absolute atomic E-state index is 7.24. The Balaban J connectivity index is 0.982. The monoisotopic (exact) mass is 1310 g/mol. The van der Waals surface area contributed by atoms with Crippen LogP contribution in [0.25, 0.3) is 121 Å². The molecule has 2 aliphatic rings. The van der Waals surface area contributed by atoms with Gasteiger partial charge >= 0.3 is 0 Å². The number of benzene rings is 14. The average molecular weight is 1310 g/mol. The number of hydrogen-bond donors (Lipinski definition) is 0. The highest BCUT2D eigenvalue weighted by molar-refractivity contribution is 7.00. The van der Waals surface area contributed by atoms with E-state index in [1.54, 1.807) is 0 Å². The van der Waals surface area contributed by atoms with E-state index in [1.165, 1.54) is 76.8 Å². The highest BCUT2D eigenvalue weighted by Crippen LogP contribution is 2.55. The molecule has 0 N–H and O–H groups in total. The molecule has 5 heterocycles. The first-order chi connectivity index (χ1) is 49.5. The van der Waals surface area contributed by atoms with E-state index in [2.05, 4.69) is 385 Å². The Bertz CT molecular complexity index is 6160. The van der Waals surface area contributed by atoms with Crippen molar-refractivity contribution in [3.8, 4) is 55.9 Å². The molecule has 0 bridgehead atoms. The summed E-state index contributed by atoms with van der Waals surface area (Å²) in [7, 11) is 0. The van der Waals surface area contributed by atoms with E-state index in [-0.39, 0.29) is 23.0 Å². The van der Waals surface area contributed by atoms with Crippen molar-refractivity contribution in [3.05, 3.63) is 320 Å². The Morgan fingerprint density at radius 3 is 1.32 bits per heavy atom. The third-order valence-corrected chi connectivity index (χ3v) is 21.9. The number of furan rings is 1. The van der Waals surface area contributed by atoms with Crippen LogP contribution in [0.4, 0.5) is 34.1 Å². The van der Waals surface area contributed by atoms with E-state index in [9.17, 15) is 0 Å². The first-order valence-corrected chi connectivity index (χ1v) is 36.0. The molecule has 0 saturated carbocycles. The molecule has 0 unspecified atom stereocenters. The van der Waals surface area contributed by atoms with Gasteiger partial charge in [0, 0.05) is 77.6 Å². The second kappa shape index (κ2) is 22.8. The minimum Gasteiger partial charge on any atom is -0.454 e. The maximum atomic E-state index is 7.24. The van der Waals surface area contributed by atoms with Crippen molar-refractivity contribution in [2.75, 3.05) is 9.80 Å². The zero-order valence-corrected chi connectivity index (χ0v) is 59.1. The molecule has 0 spiro atoms. The summed E-state index contributed by atoms with van der Waals surface area (Å²) in [6.07, 6.45) is 0. The van der Waals surface area contributed by atoms with E-state index < -0.39 is 0 Å². The lowest BCUT2D eigenvalue weighted by Crippen LogP contribution is -2.61. The standard InChI is InChI=1S/C96H77BN4O/c1-94(2,3)66-51-64(52-67(56-66)95(4,5)6)63-45-49-79-84(55-63)100(83-43-28-40-76-73-39-24-27-44-88(73)102-93(76)83)86-57-68(96(7,8)9)58-87-89(86)97(79)80-50-46-70(99-82-42-26-23-38-72(82)75-48-47-74-71-37-22-25-41-81(71)98(91(74)92(75)99)69-35-20-13-21-36-69)59-85(80)101(87)90-77(61-31-16-11-17-32-61)53-65(60-29-14-10-15-30-60)54-78(90)62-33-18-12-19-34-62/h10-59H,1-9H3. The molecule has 6 heteroatoms. The minimum absolute atomic E-state index is 0.0867. The molecule has 0 saturated heterocycles. The fourth-order valence-electron chi connectivity index (χ4n) is 16.8. The smallest absolute Gasteiger partial charge is 0.252 e. The van der Waals surface area contributed by atoms with Crippen molar-refractivity contribution >= 4 is 123 Å². The number of hydrogen-bond acceptors (Lipinski definition) is 3. The van der Waals surface area contributed by atoms with Gasteiger partial charge in [-0.3, -0.25) is 0 Å². The second-order valence-corrected chi connectivity index (χ2v) is 31.3. The van der Waals surface area contributed by atoms with Crippen LogP contribution in [0.15, 0.2) is 308 Å². The molecule has 490 valence electrons. The molecule has 19 rings (SSSR count). The lowest BCUT2D eigenvalue weighted by Gasteiger charge is -2.46. The van der Waals surface area contributed by atoms with Gasteiger partial charge in [-0.1, -0.05) is 287 Å². The second-order valence-electron chi connectivity index (χ2n) is 31.3. The van der Waals surface area contributed by atoms with Crippen LogP contribution < -0.4 is 26.2 Å². The largest absolute Gasteiger partial charge is 0.454 e. The van der Waals surface area contributed by atoms with Crippen molar-refractivity contribution in [3.63, 3.8) is 0 Å². The molecule has 0 radical (unpaired) electrons. The van der Waals surface area contributed by atoms with Gasteiger partial charge < -0.3 is 23.4 Å². The molecular weight excluding hydrogens is 1240 g/mol. The molecule has 0 atom stereocenters. The number of para-hydroxylation sites is 5. The van der Waals surface area contributed by atoms with Crippen molar-refractivity contribution < 1.29 is 4.42 Å². The quantitative estimate of drug-likeness (QED) is 0.142. The molecule has 17 aromatic rings. The zero-order chi connectivity index (χ0) is 69.1. The van der Waals surface area contributed by atoms with Crippen LogP contribution in [0, 0.1) is 0 Å². The fourth-order valence-corrected chi connectivity index (χ4v) is 16.8. The summed E-state index contributed by atoms with van der Waals surface area (Å²) >= 11 is 0. The highest BCUT2D eigenvalue weighted by atomic mass is 16.3. The molecule has 2 aliphatic heterocycles. The van der Waals surface area contributed by atoms with Gasteiger partial charge in [0.25, 0.3) is 6.71 Å². The highest BCUT2D eigenvalue weighted by Gasteiger charge is 2.46. The van der Waals surface area contributed by atoms with Crippen LogP contribution in [-0.2, 0) is 16.2 Å². The van der Waals surface area contributed by atoms with Gasteiger partial charge in [0.15, 0.2) is 5.58 Å². The van der Waals surface area contributed by atoms with Crippen LogP contribution in [0.3, 0.4) is 0 Å². The van der Waals surface area contributed by atoms with Gasteiger partial charge in [0.05, 0.1) is 33.4 Å². The van der Waals surface area contributed by atoms with E-state index in [0.29, 0.717) is 0 Å². The molecule has 14 aromatic carbocycles. The van der Waals surface area contributed by atoms with E-state index >= 15 is 0 Å². The summed E-state index contributed by atoms with van der Waals surface area (Å²) in [5.41, 5.74) is 31.4. The van der Waals surface area contributed by atoms with Gasteiger partial charge in [-0.25, -0.2) is 0 Å². The average Bonchev–Trinajstić information content (AvgIpc) is 0.915. The lowest BCUT2D eigenvalue weighted by molar-refractivity contribution is 0.569. The zero-order valence-electron chi connectivity index (χ0n) is 59.1. The summed E-state index contributed by atoms with van der Waals surface area (Å²) in [5, 5.41) is 7.01. The number of anilines is 6. The van der Waals surface area contributed by atoms with Gasteiger partial charge in [-0.05, 0) is 162 Å². The number of nitrogens with zero attached hydrogens (tertiary/aromatic N) is 4. The first kappa shape index (κ1) is 61.3. The van der Waals surface area contributed by atoms with Gasteiger partial charge in [0.2, 0.25) is 0 Å². The number of rotatable bonds is 8. The van der Waals surface area contributed by atoms with Gasteiger partial charge in [-0.15, -0.1) is 0 Å². The SMILES string of the molecule is CC(C)(C)c1cc(-c2ccc3c(c2)N(c2cccc4c2oc2ccccc24)c2cc(C(C)(C)C)cc4c2B3c2ccc(-n3c5ccccc5c5ccc6c7ccccc7n(-c7ccccc7)c6c53)cc2N4c2c(-c3ccccc3)cc(-c3ccccc3)cc2-c2ccccc2)cc(C(C)(C)C)c1. The van der Waals surface area contributed by atoms with Gasteiger partial charge in [-0.2, -0.15) is 0 Å². The van der Waals surface area contributed by atoms with Crippen LogP contribution in [0.5, 0.6) is 0 Å². The Hall–Kier alpha value is -11.9. The Morgan fingerprint density at radius 2 is 0.745 bits per heavy atom. The minimum atomic E-state index is -0.321. The van der Waals surface area contributed by atoms with Crippen molar-refractivity contribution in [2.45, 2.75) is 78.6 Å². The van der Waals surface area contributed by atoms with Gasteiger partial charge in [0.1, 0.15) is 5.58 Å². The summed E-state index contributed by atoms with van der Waals surface area (Å²) in [5.74, 6) is 0. The molecule has 3 aromatic heterocycles. The van der Waals surface area contributed by atoms with E-state index in [1.807, 2.05) is 0 Å². The van der Waals surface area contributed by atoms with Crippen molar-refractivity contribution in [2.24, 2.45) is 0 Å². The van der Waals surface area contributed by atoms with E-state index in [0.717, 1.165) is 112 Å². The summed E-state index contributed by atoms with van der Waals surface area (Å²) in [6, 6.07) is 114. The van der Waals surface area contributed by atoms with Crippen molar-refractivity contribution in [1.82, 2.24) is 9.13 Å². The molecule has 0 aliphatic carbocycles.